The molecule has 0 amide bonds. The number of aromatic nitrogens is 2. The van der Waals surface area contributed by atoms with Gasteiger partial charge in [-0.25, -0.2) is 19.4 Å². The van der Waals surface area contributed by atoms with Crippen molar-refractivity contribution in [3.05, 3.63) is 35.4 Å². The molecule has 0 fully saturated rings. The minimum atomic E-state index is -0.491. The predicted octanol–water partition coefficient (Wildman–Crippen LogP) is 4.06. The lowest BCUT2D eigenvalue weighted by Gasteiger charge is -2.05. The van der Waals surface area contributed by atoms with Crippen LogP contribution in [0.15, 0.2) is 18.2 Å². The summed E-state index contributed by atoms with van der Waals surface area (Å²) in [5.74, 6) is -0.325. The van der Waals surface area contributed by atoms with E-state index in [9.17, 15) is 14.4 Å². The molecule has 182 valence electrons. The van der Waals surface area contributed by atoms with Gasteiger partial charge >= 0.3 is 17.9 Å². The number of ether oxygens (including phenoxy) is 3. The number of carbonyl (C=O) groups excluding carboxylic acids is 3. The molecule has 1 aromatic rings. The molecule has 1 aromatic heterocycles. The van der Waals surface area contributed by atoms with E-state index in [-0.39, 0.29) is 17.8 Å². The maximum absolute atomic E-state index is 12.0. The Morgan fingerprint density at radius 3 is 1.55 bits per heavy atom. The number of hydrogen-bond acceptors (Lipinski definition) is 7. The zero-order valence-corrected chi connectivity index (χ0v) is 20.7. The van der Waals surface area contributed by atoms with E-state index < -0.39 is 17.9 Å². The molecular weight excluding hydrogens is 424 g/mol. The fourth-order valence-electron chi connectivity index (χ4n) is 2.35. The third-order valence-electron chi connectivity index (χ3n) is 4.00. The van der Waals surface area contributed by atoms with Crippen molar-refractivity contribution in [2.24, 2.45) is 24.8 Å². The van der Waals surface area contributed by atoms with Crippen LogP contribution in [0.25, 0.3) is 18.2 Å². The monoisotopic (exact) mass is 460 g/mol. The molecule has 0 aliphatic carbocycles. The molecular formula is C25H36N2O6. The lowest BCUT2D eigenvalue weighted by Crippen LogP contribution is -2.07. The molecule has 1 heterocycles. The highest BCUT2D eigenvalue weighted by Gasteiger charge is 2.12. The van der Waals surface area contributed by atoms with Crippen molar-refractivity contribution in [2.45, 2.75) is 41.5 Å². The summed E-state index contributed by atoms with van der Waals surface area (Å²) in [5, 5.41) is 0. The Bertz CT molecular complexity index is 891. The van der Waals surface area contributed by atoms with Gasteiger partial charge in [0.15, 0.2) is 0 Å². The summed E-state index contributed by atoms with van der Waals surface area (Å²) in [7, 11) is 1.74. The summed E-state index contributed by atoms with van der Waals surface area (Å²) in [6, 6.07) is 0. The largest absolute Gasteiger partial charge is 0.462 e. The lowest BCUT2D eigenvalue weighted by molar-refractivity contribution is -0.139. The first-order valence-electron chi connectivity index (χ1n) is 11.1. The van der Waals surface area contributed by atoms with Gasteiger partial charge in [0.25, 0.3) is 0 Å². The van der Waals surface area contributed by atoms with E-state index in [0.29, 0.717) is 37.0 Å². The Hall–Kier alpha value is -3.16. The van der Waals surface area contributed by atoms with E-state index in [1.54, 1.807) is 17.7 Å². The average molecular weight is 461 g/mol. The predicted molar refractivity (Wildman–Crippen MR) is 128 cm³/mol. The van der Waals surface area contributed by atoms with Crippen molar-refractivity contribution in [1.82, 2.24) is 9.55 Å². The zero-order chi connectivity index (χ0) is 25.0. The van der Waals surface area contributed by atoms with Gasteiger partial charge in [0.05, 0.1) is 31.2 Å². The van der Waals surface area contributed by atoms with Crippen LogP contribution in [0.1, 0.15) is 58.8 Å². The molecule has 0 aliphatic heterocycles. The van der Waals surface area contributed by atoms with Crippen molar-refractivity contribution in [3.8, 4) is 0 Å². The van der Waals surface area contributed by atoms with Gasteiger partial charge in [-0.15, -0.1) is 0 Å². The first-order chi connectivity index (χ1) is 15.5. The molecule has 0 saturated heterocycles. The van der Waals surface area contributed by atoms with Crippen molar-refractivity contribution in [1.29, 1.82) is 0 Å². The van der Waals surface area contributed by atoms with Crippen LogP contribution in [0, 0.1) is 17.8 Å². The van der Waals surface area contributed by atoms with E-state index >= 15 is 0 Å². The van der Waals surface area contributed by atoms with Crippen LogP contribution in [0.3, 0.4) is 0 Å². The van der Waals surface area contributed by atoms with Crippen molar-refractivity contribution in [2.75, 3.05) is 19.8 Å². The number of esters is 3. The summed E-state index contributed by atoms with van der Waals surface area (Å²) in [4.78, 5) is 40.3. The SMILES string of the molecule is CC(C)COC(=O)/C=C/c1nc(/C=C/C(=O)OCC(C)C)n(C)c1/C=C/C(=O)OCC(C)C. The number of hydrogen-bond donors (Lipinski definition) is 0. The van der Waals surface area contributed by atoms with Crippen LogP contribution < -0.4 is 0 Å². The number of imidazole rings is 1. The molecule has 33 heavy (non-hydrogen) atoms. The zero-order valence-electron chi connectivity index (χ0n) is 20.7. The van der Waals surface area contributed by atoms with Crippen LogP contribution in [-0.2, 0) is 35.6 Å². The molecule has 0 aromatic carbocycles. The number of carbonyl (C=O) groups is 3. The molecule has 8 nitrogen and oxygen atoms in total. The van der Waals surface area contributed by atoms with Crippen LogP contribution >= 0.6 is 0 Å². The lowest BCUT2D eigenvalue weighted by atomic mass is 10.2. The Kier molecular flexibility index (Phi) is 11.9. The minimum absolute atomic E-state index is 0.222. The Morgan fingerprint density at radius 1 is 0.727 bits per heavy atom. The first-order valence-corrected chi connectivity index (χ1v) is 11.1. The van der Waals surface area contributed by atoms with Gasteiger partial charge in [-0.2, -0.15) is 0 Å². The van der Waals surface area contributed by atoms with Crippen molar-refractivity contribution in [3.63, 3.8) is 0 Å². The fourth-order valence-corrected chi connectivity index (χ4v) is 2.35. The number of nitrogens with zero attached hydrogens (tertiary/aromatic N) is 2. The van der Waals surface area contributed by atoms with Gasteiger partial charge in [-0.05, 0) is 36.0 Å². The second kappa shape index (κ2) is 14.1. The van der Waals surface area contributed by atoms with E-state index in [0.717, 1.165) is 0 Å². The minimum Gasteiger partial charge on any atom is -0.462 e. The van der Waals surface area contributed by atoms with E-state index in [2.05, 4.69) is 4.98 Å². The summed E-state index contributed by atoms with van der Waals surface area (Å²) in [6.07, 6.45) is 8.46. The Balaban J connectivity index is 3.12. The fraction of sp³-hybridized carbons (Fsp3) is 0.520. The third kappa shape index (κ3) is 11.3. The summed E-state index contributed by atoms with van der Waals surface area (Å²) in [5.41, 5.74) is 0.988. The van der Waals surface area contributed by atoms with Crippen molar-refractivity contribution < 1.29 is 28.6 Å². The molecule has 0 aliphatic rings. The summed E-state index contributed by atoms with van der Waals surface area (Å²) < 4.78 is 17.1. The molecule has 0 bridgehead atoms. The van der Waals surface area contributed by atoms with Gasteiger partial charge in [0.1, 0.15) is 5.82 Å². The van der Waals surface area contributed by atoms with Gasteiger partial charge < -0.3 is 18.8 Å². The highest BCUT2D eigenvalue weighted by Crippen LogP contribution is 2.16. The maximum atomic E-state index is 12.0. The Morgan fingerprint density at radius 2 is 1.12 bits per heavy atom. The van der Waals surface area contributed by atoms with E-state index in [4.69, 9.17) is 14.2 Å². The van der Waals surface area contributed by atoms with Crippen molar-refractivity contribution >= 4 is 36.1 Å². The highest BCUT2D eigenvalue weighted by atomic mass is 16.5. The average Bonchev–Trinajstić information content (AvgIpc) is 3.04. The van der Waals surface area contributed by atoms with Crippen LogP contribution in [0.4, 0.5) is 0 Å². The summed E-state index contributed by atoms with van der Waals surface area (Å²) >= 11 is 0. The van der Waals surface area contributed by atoms with Crippen LogP contribution in [-0.4, -0.2) is 47.3 Å². The van der Waals surface area contributed by atoms with Crippen LogP contribution in [0.5, 0.6) is 0 Å². The molecule has 1 rings (SSSR count). The molecule has 0 saturated carbocycles. The molecule has 0 N–H and O–H groups in total. The van der Waals surface area contributed by atoms with Gasteiger partial charge in [-0.1, -0.05) is 41.5 Å². The Labute approximate surface area is 196 Å². The highest BCUT2D eigenvalue weighted by molar-refractivity contribution is 5.90. The van der Waals surface area contributed by atoms with E-state index in [1.807, 2.05) is 41.5 Å². The van der Waals surface area contributed by atoms with E-state index in [1.165, 1.54) is 30.4 Å². The third-order valence-corrected chi connectivity index (χ3v) is 4.00. The topological polar surface area (TPSA) is 96.7 Å². The van der Waals surface area contributed by atoms with Gasteiger partial charge in [0, 0.05) is 25.3 Å². The van der Waals surface area contributed by atoms with Crippen LogP contribution in [0.2, 0.25) is 0 Å². The molecule has 0 spiro atoms. The van der Waals surface area contributed by atoms with Gasteiger partial charge in [-0.3, -0.25) is 0 Å². The summed E-state index contributed by atoms with van der Waals surface area (Å²) in [6.45, 7) is 12.6. The maximum Gasteiger partial charge on any atom is 0.330 e. The normalized spacial score (nSPS) is 12.1. The molecule has 0 atom stereocenters. The second-order valence-electron chi connectivity index (χ2n) is 8.87. The molecule has 8 heteroatoms. The van der Waals surface area contributed by atoms with Gasteiger partial charge in [0.2, 0.25) is 0 Å². The smallest absolute Gasteiger partial charge is 0.330 e. The first kappa shape index (κ1) is 27.9. The molecule has 0 unspecified atom stereocenters. The quantitative estimate of drug-likeness (QED) is 0.264. The number of rotatable bonds is 12. The molecule has 0 radical (unpaired) electrons. The standard InChI is InChI=1S/C25H36N2O6/c1-17(2)14-31-23(28)11-8-20-21(9-12-24(29)32-15-18(3)4)27(7)22(26-20)10-13-25(30)33-16-19(5)6/h8-13,17-19H,14-16H2,1-7H3/b11-8+,12-9+,13-10+. The second-order valence-corrected chi connectivity index (χ2v) is 8.87.